The summed E-state index contributed by atoms with van der Waals surface area (Å²) >= 11 is 0. The van der Waals surface area contributed by atoms with Gasteiger partial charge >= 0.3 is 0 Å². The van der Waals surface area contributed by atoms with Crippen LogP contribution in [0.5, 0.6) is 0 Å². The quantitative estimate of drug-likeness (QED) is 0.757. The van der Waals surface area contributed by atoms with E-state index in [0.29, 0.717) is 12.1 Å². The number of amides is 1. The first-order chi connectivity index (χ1) is 12.8. The molecule has 4 heteroatoms. The first kappa shape index (κ1) is 18.5. The molecule has 0 aromatic heterocycles. The predicted octanol–water partition coefficient (Wildman–Crippen LogP) is 5.43. The third-order valence-electron chi connectivity index (χ3n) is 6.78. The molecule has 2 aliphatic carbocycles. The van der Waals surface area contributed by atoms with E-state index < -0.39 is 0 Å². The predicted molar refractivity (Wildman–Crippen MR) is 109 cm³/mol. The van der Waals surface area contributed by atoms with Crippen LogP contribution in [0.1, 0.15) is 77.7 Å². The van der Waals surface area contributed by atoms with E-state index in [0.717, 1.165) is 30.4 Å². The Hall–Kier alpha value is -1.84. The van der Waals surface area contributed by atoms with Crippen LogP contribution in [-0.4, -0.2) is 17.2 Å². The van der Waals surface area contributed by atoms with Gasteiger partial charge in [0.05, 0.1) is 0 Å². The summed E-state index contributed by atoms with van der Waals surface area (Å²) in [5.41, 5.74) is 2.50. The molecule has 0 saturated heterocycles. The van der Waals surface area contributed by atoms with Crippen molar-refractivity contribution in [2.45, 2.75) is 83.2 Å². The van der Waals surface area contributed by atoms with Crippen LogP contribution in [0.2, 0.25) is 0 Å². The molecule has 0 radical (unpaired) electrons. The minimum Gasteiger partial charge on any atom is -0.388 e. The van der Waals surface area contributed by atoms with Crippen LogP contribution >= 0.6 is 0 Å². The number of hydrogen-bond donors (Lipinski definition) is 1. The molecule has 1 spiro atoms. The lowest BCUT2D eigenvalue weighted by atomic mass is 9.65. The minimum absolute atomic E-state index is 0.107. The van der Waals surface area contributed by atoms with Crippen LogP contribution < -0.4 is 5.32 Å². The fourth-order valence-electron chi connectivity index (χ4n) is 5.11. The maximum Gasteiger partial charge on any atom is 0.273 e. The van der Waals surface area contributed by atoms with Crippen molar-refractivity contribution in [1.29, 1.82) is 0 Å². The van der Waals surface area contributed by atoms with Gasteiger partial charge in [0.1, 0.15) is 11.3 Å². The molecule has 1 heterocycles. The van der Waals surface area contributed by atoms with E-state index in [-0.39, 0.29) is 16.9 Å². The summed E-state index contributed by atoms with van der Waals surface area (Å²) in [6, 6.07) is 8.10. The second-order valence-electron chi connectivity index (χ2n) is 9.82. The molecule has 4 rings (SSSR count). The van der Waals surface area contributed by atoms with Crippen molar-refractivity contribution in [3.05, 3.63) is 29.8 Å². The number of rotatable bonds is 2. The Labute approximate surface area is 162 Å². The summed E-state index contributed by atoms with van der Waals surface area (Å²) in [4.78, 5) is 18.6. The van der Waals surface area contributed by atoms with Crippen molar-refractivity contribution in [2.75, 3.05) is 5.32 Å². The monoisotopic (exact) mass is 368 g/mol. The molecule has 1 aromatic carbocycles. The molecular weight excluding hydrogens is 336 g/mol. The molecule has 1 aromatic rings. The minimum atomic E-state index is -0.221. The Morgan fingerprint density at radius 1 is 1.11 bits per heavy atom. The molecule has 3 atom stereocenters. The third-order valence-corrected chi connectivity index (χ3v) is 6.78. The van der Waals surface area contributed by atoms with Gasteiger partial charge in [-0.1, -0.05) is 63.7 Å². The molecule has 27 heavy (non-hydrogen) atoms. The standard InChI is InChI=1S/C23H32N2O2/c1-22(2,3)18-8-10-19(11-9-18)24-21(26)20-15-23(27-25-20)13-12-16-6-4-5-7-17(16)14-23/h8-11,16-17H,4-7,12-15H2,1-3H3,(H,24,26). The molecular formula is C23H32N2O2. The van der Waals surface area contributed by atoms with Crippen LogP contribution in [0, 0.1) is 11.8 Å². The summed E-state index contributed by atoms with van der Waals surface area (Å²) in [5.74, 6) is 1.50. The van der Waals surface area contributed by atoms with Crippen molar-refractivity contribution in [3.63, 3.8) is 0 Å². The fraction of sp³-hybridized carbons (Fsp3) is 0.652. The second-order valence-corrected chi connectivity index (χ2v) is 9.82. The largest absolute Gasteiger partial charge is 0.388 e. The summed E-state index contributed by atoms with van der Waals surface area (Å²) in [6.45, 7) is 6.56. The van der Waals surface area contributed by atoms with Gasteiger partial charge in [-0.15, -0.1) is 0 Å². The Morgan fingerprint density at radius 3 is 2.52 bits per heavy atom. The van der Waals surface area contributed by atoms with E-state index in [2.05, 4.69) is 43.4 Å². The highest BCUT2D eigenvalue weighted by molar-refractivity contribution is 6.43. The lowest BCUT2D eigenvalue weighted by Crippen LogP contribution is -2.41. The lowest BCUT2D eigenvalue weighted by molar-refractivity contribution is -0.110. The average Bonchev–Trinajstić information content (AvgIpc) is 3.05. The van der Waals surface area contributed by atoms with Gasteiger partial charge in [-0.3, -0.25) is 4.79 Å². The number of hydrogen-bond acceptors (Lipinski definition) is 3. The first-order valence-corrected chi connectivity index (χ1v) is 10.5. The molecule has 2 saturated carbocycles. The molecule has 3 aliphatic rings. The maximum atomic E-state index is 12.7. The Bertz CT molecular complexity index is 732. The highest BCUT2D eigenvalue weighted by Crippen LogP contribution is 2.48. The molecule has 1 amide bonds. The van der Waals surface area contributed by atoms with E-state index in [4.69, 9.17) is 4.84 Å². The summed E-state index contributed by atoms with van der Waals surface area (Å²) in [6.07, 6.45) is 9.40. The zero-order valence-corrected chi connectivity index (χ0v) is 16.9. The van der Waals surface area contributed by atoms with Crippen molar-refractivity contribution in [1.82, 2.24) is 0 Å². The van der Waals surface area contributed by atoms with Crippen molar-refractivity contribution < 1.29 is 9.63 Å². The van der Waals surface area contributed by atoms with Gasteiger partial charge in [-0.05, 0) is 54.2 Å². The van der Waals surface area contributed by atoms with Crippen molar-refractivity contribution >= 4 is 17.3 Å². The topological polar surface area (TPSA) is 50.7 Å². The lowest BCUT2D eigenvalue weighted by Gasteiger charge is -2.43. The van der Waals surface area contributed by atoms with Crippen molar-refractivity contribution in [2.24, 2.45) is 17.0 Å². The second kappa shape index (κ2) is 6.96. The summed E-state index contributed by atoms with van der Waals surface area (Å²) in [5, 5.41) is 7.20. The molecule has 1 N–H and O–H groups in total. The van der Waals surface area contributed by atoms with Gasteiger partial charge in [0.25, 0.3) is 5.91 Å². The molecule has 0 bridgehead atoms. The van der Waals surface area contributed by atoms with Crippen LogP contribution in [0.15, 0.2) is 29.4 Å². The van der Waals surface area contributed by atoms with E-state index in [1.54, 1.807) is 0 Å². The van der Waals surface area contributed by atoms with Gasteiger partial charge in [-0.2, -0.15) is 0 Å². The van der Waals surface area contributed by atoms with Crippen LogP contribution in [0.25, 0.3) is 0 Å². The van der Waals surface area contributed by atoms with Gasteiger partial charge in [0, 0.05) is 12.1 Å². The zero-order chi connectivity index (χ0) is 19.1. The molecule has 4 nitrogen and oxygen atoms in total. The van der Waals surface area contributed by atoms with E-state index in [1.807, 2.05) is 12.1 Å². The number of nitrogens with one attached hydrogen (secondary N) is 1. The Kier molecular flexibility index (Phi) is 4.77. The van der Waals surface area contributed by atoms with E-state index >= 15 is 0 Å². The van der Waals surface area contributed by atoms with Crippen molar-refractivity contribution in [3.8, 4) is 0 Å². The van der Waals surface area contributed by atoms with Gasteiger partial charge in [-0.25, -0.2) is 0 Å². The Balaban J connectivity index is 1.36. The molecule has 146 valence electrons. The van der Waals surface area contributed by atoms with Crippen LogP contribution in [0.3, 0.4) is 0 Å². The normalized spacial score (nSPS) is 30.4. The highest BCUT2D eigenvalue weighted by Gasteiger charge is 2.48. The average molecular weight is 369 g/mol. The van der Waals surface area contributed by atoms with Crippen LogP contribution in [-0.2, 0) is 15.0 Å². The fourth-order valence-corrected chi connectivity index (χ4v) is 5.11. The number of carbonyl (C=O) groups is 1. The van der Waals surface area contributed by atoms with E-state index in [9.17, 15) is 4.79 Å². The Morgan fingerprint density at radius 2 is 1.81 bits per heavy atom. The number of fused-ring (bicyclic) bond motifs is 1. The number of benzene rings is 1. The number of carbonyl (C=O) groups excluding carboxylic acids is 1. The summed E-state index contributed by atoms with van der Waals surface area (Å²) in [7, 11) is 0. The summed E-state index contributed by atoms with van der Waals surface area (Å²) < 4.78 is 0. The molecule has 3 unspecified atom stereocenters. The third kappa shape index (κ3) is 3.90. The van der Waals surface area contributed by atoms with Crippen LogP contribution in [0.4, 0.5) is 5.69 Å². The number of anilines is 1. The van der Waals surface area contributed by atoms with Gasteiger partial charge < -0.3 is 10.2 Å². The van der Waals surface area contributed by atoms with E-state index in [1.165, 1.54) is 37.7 Å². The highest BCUT2D eigenvalue weighted by atomic mass is 16.7. The zero-order valence-electron chi connectivity index (χ0n) is 16.9. The SMILES string of the molecule is CC(C)(C)c1ccc(NC(=O)C2=NOC3(CCC4CCCCC4C3)C2)cc1. The smallest absolute Gasteiger partial charge is 0.273 e. The van der Waals surface area contributed by atoms with Gasteiger partial charge in [0.2, 0.25) is 0 Å². The maximum absolute atomic E-state index is 12.7. The number of oxime groups is 1. The van der Waals surface area contributed by atoms with Gasteiger partial charge in [0.15, 0.2) is 0 Å². The molecule has 2 fully saturated rings. The number of nitrogens with zero attached hydrogens (tertiary/aromatic N) is 1. The first-order valence-electron chi connectivity index (χ1n) is 10.5. The molecule has 1 aliphatic heterocycles.